The van der Waals surface area contributed by atoms with Gasteiger partial charge in [-0.2, -0.15) is 0 Å². The Hall–Kier alpha value is -2.67. The first-order valence-corrected chi connectivity index (χ1v) is 8.89. The molecule has 3 rings (SSSR count). The topological polar surface area (TPSA) is 99.7 Å². The quantitative estimate of drug-likeness (QED) is 0.773. The third-order valence-electron chi connectivity index (χ3n) is 5.43. The third-order valence-corrected chi connectivity index (χ3v) is 5.43. The van der Waals surface area contributed by atoms with Crippen LogP contribution in [-0.4, -0.2) is 47.1 Å². The van der Waals surface area contributed by atoms with Gasteiger partial charge >= 0.3 is 5.97 Å². The number of carbonyl (C=O) groups excluding carboxylic acids is 1. The fourth-order valence-electron chi connectivity index (χ4n) is 3.84. The first-order chi connectivity index (χ1) is 12.8. The number of hydrogen-bond acceptors (Lipinski definition) is 4. The maximum absolute atomic E-state index is 13.1. The van der Waals surface area contributed by atoms with Gasteiger partial charge in [-0.3, -0.25) is 14.4 Å². The number of carbonyl (C=O) groups is 2. The van der Waals surface area contributed by atoms with E-state index in [0.717, 1.165) is 10.9 Å². The molecule has 1 aromatic carbocycles. The molecule has 1 saturated carbocycles. The van der Waals surface area contributed by atoms with E-state index in [-0.39, 0.29) is 18.0 Å². The molecule has 2 unspecified atom stereocenters. The predicted octanol–water partition coefficient (Wildman–Crippen LogP) is 1.86. The lowest BCUT2D eigenvalue weighted by molar-refractivity contribution is -0.142. The average Bonchev–Trinajstić information content (AvgIpc) is 3.20. The van der Waals surface area contributed by atoms with Crippen LogP contribution in [0.15, 0.2) is 35.1 Å². The number of aliphatic carboxylic acids is 1. The molecule has 1 amide bonds. The summed E-state index contributed by atoms with van der Waals surface area (Å²) in [5.41, 5.74) is 0.612. The number of methoxy groups -OCH3 is 1. The van der Waals surface area contributed by atoms with E-state index in [1.54, 1.807) is 25.9 Å². The molecule has 1 aliphatic carbocycles. The van der Waals surface area contributed by atoms with Crippen LogP contribution in [0.1, 0.15) is 19.4 Å². The van der Waals surface area contributed by atoms with Crippen molar-refractivity contribution in [2.75, 3.05) is 20.3 Å². The molecule has 0 aliphatic heterocycles. The number of amides is 1. The van der Waals surface area contributed by atoms with E-state index >= 15 is 0 Å². The zero-order valence-electron chi connectivity index (χ0n) is 15.7. The van der Waals surface area contributed by atoms with Gasteiger partial charge in [-0.25, -0.2) is 0 Å². The van der Waals surface area contributed by atoms with Gasteiger partial charge in [0.05, 0.1) is 18.4 Å². The zero-order valence-corrected chi connectivity index (χ0v) is 15.7. The molecular weight excluding hydrogens is 348 g/mol. The fourth-order valence-corrected chi connectivity index (χ4v) is 3.84. The second-order valence-electron chi connectivity index (χ2n) is 7.57. The van der Waals surface area contributed by atoms with Crippen LogP contribution in [-0.2, 0) is 20.9 Å². The maximum Gasteiger partial charge on any atom is 0.307 e. The van der Waals surface area contributed by atoms with Gasteiger partial charge in [-0.05, 0) is 17.0 Å². The summed E-state index contributed by atoms with van der Waals surface area (Å²) in [6, 6.07) is 8.89. The Morgan fingerprint density at radius 1 is 1.26 bits per heavy atom. The van der Waals surface area contributed by atoms with Gasteiger partial charge in [0.1, 0.15) is 0 Å². The second-order valence-corrected chi connectivity index (χ2v) is 7.57. The van der Waals surface area contributed by atoms with Crippen molar-refractivity contribution in [3.8, 4) is 0 Å². The summed E-state index contributed by atoms with van der Waals surface area (Å²) in [4.78, 5) is 40.9. The van der Waals surface area contributed by atoms with Crippen LogP contribution in [0.3, 0.4) is 0 Å². The lowest BCUT2D eigenvalue weighted by Gasteiger charge is -2.24. The van der Waals surface area contributed by atoms with E-state index in [0.29, 0.717) is 18.7 Å². The molecular formula is C20H24N2O5. The first kappa shape index (κ1) is 19.1. The van der Waals surface area contributed by atoms with Gasteiger partial charge in [0.15, 0.2) is 0 Å². The van der Waals surface area contributed by atoms with Crippen molar-refractivity contribution in [3.05, 3.63) is 46.2 Å². The molecule has 7 nitrogen and oxygen atoms in total. The molecule has 2 atom stereocenters. The number of carboxylic acid groups (broad SMARTS) is 1. The number of H-pyrrole nitrogens is 1. The van der Waals surface area contributed by atoms with E-state index in [2.05, 4.69) is 4.98 Å². The maximum atomic E-state index is 13.1. The largest absolute Gasteiger partial charge is 0.481 e. The molecule has 0 radical (unpaired) electrons. The zero-order chi connectivity index (χ0) is 19.8. The number of nitrogens with zero attached hydrogens (tertiary/aromatic N) is 1. The Labute approximate surface area is 156 Å². The number of fused-ring (bicyclic) bond motifs is 1. The molecule has 27 heavy (non-hydrogen) atoms. The number of rotatable bonds is 7. The summed E-state index contributed by atoms with van der Waals surface area (Å²) in [6.45, 7) is 4.48. The van der Waals surface area contributed by atoms with Crippen LogP contribution in [0.5, 0.6) is 0 Å². The Balaban J connectivity index is 1.92. The van der Waals surface area contributed by atoms with E-state index in [1.165, 1.54) is 6.07 Å². The van der Waals surface area contributed by atoms with E-state index in [9.17, 15) is 19.5 Å². The number of aromatic amines is 1. The molecule has 7 heteroatoms. The molecule has 2 N–H and O–H groups in total. The normalized spacial score (nSPS) is 20.4. The Morgan fingerprint density at radius 2 is 1.96 bits per heavy atom. The Kier molecular flexibility index (Phi) is 5.06. The van der Waals surface area contributed by atoms with Crippen molar-refractivity contribution in [2.24, 2.45) is 17.3 Å². The van der Waals surface area contributed by atoms with Crippen LogP contribution in [0.4, 0.5) is 0 Å². The summed E-state index contributed by atoms with van der Waals surface area (Å²) in [6.07, 6.45) is 0. The van der Waals surface area contributed by atoms with Crippen LogP contribution < -0.4 is 5.56 Å². The molecule has 1 aromatic heterocycles. The highest BCUT2D eigenvalue weighted by atomic mass is 16.5. The standard InChI is InChI=1S/C20H24N2O5/c1-20(2)16(17(20)19(25)26)18(24)22(8-9-27-3)11-12-10-15(23)21-14-7-5-4-6-13(12)14/h4-7,10,16-17H,8-9,11H2,1-3H3,(H,21,23)(H,25,26). The van der Waals surface area contributed by atoms with Gasteiger partial charge in [0.25, 0.3) is 0 Å². The summed E-state index contributed by atoms with van der Waals surface area (Å²) in [7, 11) is 1.55. The summed E-state index contributed by atoms with van der Waals surface area (Å²) in [5, 5.41) is 10.3. The molecule has 144 valence electrons. The highest BCUT2D eigenvalue weighted by Crippen LogP contribution is 2.59. The third kappa shape index (κ3) is 3.60. The van der Waals surface area contributed by atoms with Gasteiger partial charge in [0, 0.05) is 37.2 Å². The number of benzene rings is 1. The highest BCUT2D eigenvalue weighted by molar-refractivity contribution is 5.92. The average molecular weight is 372 g/mol. The lowest BCUT2D eigenvalue weighted by atomic mass is 10.1. The number of para-hydroxylation sites is 1. The molecule has 0 saturated heterocycles. The van der Waals surface area contributed by atoms with Crippen molar-refractivity contribution in [3.63, 3.8) is 0 Å². The number of aromatic nitrogens is 1. The first-order valence-electron chi connectivity index (χ1n) is 8.89. The Bertz CT molecular complexity index is 933. The summed E-state index contributed by atoms with van der Waals surface area (Å²) >= 11 is 0. The number of hydrogen-bond donors (Lipinski definition) is 2. The van der Waals surface area contributed by atoms with Crippen LogP contribution in [0, 0.1) is 17.3 Å². The fraction of sp³-hybridized carbons (Fsp3) is 0.450. The molecule has 0 spiro atoms. The SMILES string of the molecule is COCCN(Cc1cc(=O)[nH]c2ccccc12)C(=O)C1C(C(=O)O)C1(C)C. The molecule has 2 aromatic rings. The molecule has 1 aliphatic rings. The number of nitrogens with one attached hydrogen (secondary N) is 1. The van der Waals surface area contributed by atoms with Crippen LogP contribution in [0.25, 0.3) is 10.9 Å². The van der Waals surface area contributed by atoms with Crippen LogP contribution >= 0.6 is 0 Å². The van der Waals surface area contributed by atoms with Crippen molar-refractivity contribution < 1.29 is 19.4 Å². The lowest BCUT2D eigenvalue weighted by Crippen LogP contribution is -2.36. The smallest absolute Gasteiger partial charge is 0.307 e. The van der Waals surface area contributed by atoms with Gasteiger partial charge in [-0.15, -0.1) is 0 Å². The highest BCUT2D eigenvalue weighted by Gasteiger charge is 2.66. The number of ether oxygens (including phenoxy) is 1. The second kappa shape index (κ2) is 7.15. The van der Waals surface area contributed by atoms with E-state index in [1.807, 2.05) is 24.3 Å². The van der Waals surface area contributed by atoms with E-state index in [4.69, 9.17) is 4.74 Å². The number of pyridine rings is 1. The number of carboxylic acids is 1. The molecule has 0 bridgehead atoms. The minimum Gasteiger partial charge on any atom is -0.481 e. The summed E-state index contributed by atoms with van der Waals surface area (Å²) < 4.78 is 5.12. The minimum absolute atomic E-state index is 0.214. The molecule has 1 heterocycles. The van der Waals surface area contributed by atoms with Crippen molar-refractivity contribution in [1.29, 1.82) is 0 Å². The monoisotopic (exact) mass is 372 g/mol. The van der Waals surface area contributed by atoms with Crippen molar-refractivity contribution in [1.82, 2.24) is 9.88 Å². The Morgan fingerprint density at radius 3 is 2.59 bits per heavy atom. The van der Waals surface area contributed by atoms with Crippen LogP contribution in [0.2, 0.25) is 0 Å². The molecule has 1 fully saturated rings. The van der Waals surface area contributed by atoms with Crippen molar-refractivity contribution >= 4 is 22.8 Å². The van der Waals surface area contributed by atoms with Gasteiger partial charge in [-0.1, -0.05) is 32.0 Å². The minimum atomic E-state index is -0.952. The van der Waals surface area contributed by atoms with Gasteiger partial charge in [0.2, 0.25) is 11.5 Å². The summed E-state index contributed by atoms with van der Waals surface area (Å²) in [5.74, 6) is -2.42. The van der Waals surface area contributed by atoms with E-state index < -0.39 is 23.2 Å². The van der Waals surface area contributed by atoms with Crippen molar-refractivity contribution in [2.45, 2.75) is 20.4 Å². The predicted molar refractivity (Wildman–Crippen MR) is 100 cm³/mol. The van der Waals surface area contributed by atoms with Gasteiger partial charge < -0.3 is 19.7 Å².